The topological polar surface area (TPSA) is 28.2 Å². The van der Waals surface area contributed by atoms with Gasteiger partial charge in [-0.05, 0) is 64.4 Å². The van der Waals surface area contributed by atoms with Crippen molar-refractivity contribution in [2.45, 2.75) is 32.7 Å². The third-order valence-electron chi connectivity index (χ3n) is 3.98. The molecule has 1 aromatic rings. The van der Waals surface area contributed by atoms with E-state index in [9.17, 15) is 0 Å². The van der Waals surface area contributed by atoms with E-state index in [-0.39, 0.29) is 0 Å². The molecule has 0 bridgehead atoms. The number of nitrogens with one attached hydrogen (secondary N) is 1. The van der Waals surface area contributed by atoms with E-state index in [1.54, 1.807) is 0 Å². The summed E-state index contributed by atoms with van der Waals surface area (Å²) in [6.45, 7) is 6.56. The fraction of sp³-hybridized carbons (Fsp3) is 0.643. The number of rotatable bonds is 3. The Bertz CT molecular complexity index is 419. The lowest BCUT2D eigenvalue weighted by molar-refractivity contribution is 0.208. The van der Waals surface area contributed by atoms with Crippen LogP contribution in [0.2, 0.25) is 10.3 Å². The highest BCUT2D eigenvalue weighted by molar-refractivity contribution is 6.34. The molecule has 1 unspecified atom stereocenters. The van der Waals surface area contributed by atoms with Gasteiger partial charge in [0.15, 0.2) is 5.15 Å². The second kappa shape index (κ2) is 6.29. The molecule has 19 heavy (non-hydrogen) atoms. The summed E-state index contributed by atoms with van der Waals surface area (Å²) in [4.78, 5) is 6.49. The quantitative estimate of drug-likeness (QED) is 0.860. The number of anilines is 1. The number of likely N-dealkylation sites (tertiary alicyclic amines) is 1. The van der Waals surface area contributed by atoms with Crippen molar-refractivity contribution >= 4 is 28.9 Å². The minimum atomic E-state index is 0.396. The van der Waals surface area contributed by atoms with Crippen LogP contribution in [0.1, 0.15) is 25.3 Å². The molecule has 0 saturated carbocycles. The minimum absolute atomic E-state index is 0.396. The van der Waals surface area contributed by atoms with Crippen LogP contribution in [0, 0.1) is 12.8 Å². The maximum atomic E-state index is 6.17. The summed E-state index contributed by atoms with van der Waals surface area (Å²) in [5.41, 5.74) is 1.96. The van der Waals surface area contributed by atoms with Gasteiger partial charge in [0, 0.05) is 6.04 Å². The molecular formula is C14H21Cl2N3. The van der Waals surface area contributed by atoms with Gasteiger partial charge in [-0.15, -0.1) is 0 Å². The third-order valence-corrected chi connectivity index (χ3v) is 4.45. The molecule has 1 aromatic heterocycles. The van der Waals surface area contributed by atoms with E-state index in [4.69, 9.17) is 23.2 Å². The molecule has 2 heterocycles. The maximum Gasteiger partial charge on any atom is 0.154 e. The first kappa shape index (κ1) is 14.9. The van der Waals surface area contributed by atoms with Gasteiger partial charge in [-0.2, -0.15) is 0 Å². The highest BCUT2D eigenvalue weighted by atomic mass is 35.5. The number of aryl methyl sites for hydroxylation is 1. The smallest absolute Gasteiger partial charge is 0.154 e. The minimum Gasteiger partial charge on any atom is -0.380 e. The summed E-state index contributed by atoms with van der Waals surface area (Å²) in [6.07, 6.45) is 2.45. The van der Waals surface area contributed by atoms with E-state index in [2.05, 4.69) is 29.2 Å². The molecule has 1 aliphatic heterocycles. The highest BCUT2D eigenvalue weighted by Crippen LogP contribution is 2.29. The number of piperidine rings is 1. The van der Waals surface area contributed by atoms with Gasteiger partial charge in [0.2, 0.25) is 0 Å². The first-order chi connectivity index (χ1) is 8.97. The Morgan fingerprint density at radius 1 is 1.37 bits per heavy atom. The monoisotopic (exact) mass is 301 g/mol. The second-order valence-electron chi connectivity index (χ2n) is 5.50. The van der Waals surface area contributed by atoms with Crippen molar-refractivity contribution in [1.82, 2.24) is 9.88 Å². The van der Waals surface area contributed by atoms with Gasteiger partial charge >= 0.3 is 0 Å². The maximum absolute atomic E-state index is 6.17. The van der Waals surface area contributed by atoms with Crippen molar-refractivity contribution in [2.75, 3.05) is 25.5 Å². The molecule has 1 fully saturated rings. The average Bonchev–Trinajstić information content (AvgIpc) is 2.34. The van der Waals surface area contributed by atoms with Gasteiger partial charge in [0.25, 0.3) is 0 Å². The van der Waals surface area contributed by atoms with Crippen molar-refractivity contribution in [2.24, 2.45) is 5.92 Å². The van der Waals surface area contributed by atoms with Crippen LogP contribution in [0.5, 0.6) is 0 Å². The molecule has 0 spiro atoms. The van der Waals surface area contributed by atoms with Crippen molar-refractivity contribution in [1.29, 1.82) is 0 Å². The van der Waals surface area contributed by atoms with Crippen LogP contribution in [-0.2, 0) is 0 Å². The lowest BCUT2D eigenvalue weighted by atomic mass is 9.90. The number of pyridine rings is 1. The molecule has 0 aromatic carbocycles. The standard InChI is InChI=1S/C14H21Cl2N3/c1-9-8-12(15)18-14(16)13(9)17-10(2)11-4-6-19(3)7-5-11/h8,10-11,17H,4-7H2,1-3H3. The molecular weight excluding hydrogens is 281 g/mol. The van der Waals surface area contributed by atoms with Crippen molar-refractivity contribution in [3.8, 4) is 0 Å². The van der Waals surface area contributed by atoms with Crippen molar-refractivity contribution < 1.29 is 0 Å². The van der Waals surface area contributed by atoms with E-state index in [1.165, 1.54) is 25.9 Å². The van der Waals surface area contributed by atoms with E-state index in [0.29, 0.717) is 22.3 Å². The first-order valence-corrected chi connectivity index (χ1v) is 7.50. The molecule has 0 amide bonds. The largest absolute Gasteiger partial charge is 0.380 e. The number of hydrogen-bond acceptors (Lipinski definition) is 3. The van der Waals surface area contributed by atoms with Crippen molar-refractivity contribution in [3.63, 3.8) is 0 Å². The number of aromatic nitrogens is 1. The van der Waals surface area contributed by atoms with Crippen LogP contribution in [0.25, 0.3) is 0 Å². The fourth-order valence-corrected chi connectivity index (χ4v) is 3.23. The van der Waals surface area contributed by atoms with E-state index >= 15 is 0 Å². The zero-order valence-electron chi connectivity index (χ0n) is 11.7. The molecule has 1 saturated heterocycles. The molecule has 1 N–H and O–H groups in total. The molecule has 3 nitrogen and oxygen atoms in total. The lowest BCUT2D eigenvalue weighted by Gasteiger charge is -2.33. The Kier molecular flexibility index (Phi) is 4.93. The second-order valence-corrected chi connectivity index (χ2v) is 6.25. The molecule has 106 valence electrons. The Balaban J connectivity index is 2.04. The van der Waals surface area contributed by atoms with E-state index in [1.807, 2.05) is 13.0 Å². The summed E-state index contributed by atoms with van der Waals surface area (Å²) < 4.78 is 0. The molecule has 0 aliphatic carbocycles. The summed E-state index contributed by atoms with van der Waals surface area (Å²) in [5, 5.41) is 4.43. The molecule has 2 rings (SSSR count). The zero-order valence-corrected chi connectivity index (χ0v) is 13.2. The van der Waals surface area contributed by atoms with Crippen LogP contribution in [0.4, 0.5) is 5.69 Å². The summed E-state index contributed by atoms with van der Waals surface area (Å²) in [7, 11) is 2.18. The number of hydrogen-bond donors (Lipinski definition) is 1. The Labute approximate surface area is 125 Å². The van der Waals surface area contributed by atoms with Gasteiger partial charge in [0.05, 0.1) is 5.69 Å². The van der Waals surface area contributed by atoms with Crippen LogP contribution >= 0.6 is 23.2 Å². The highest BCUT2D eigenvalue weighted by Gasteiger charge is 2.23. The van der Waals surface area contributed by atoms with Crippen LogP contribution in [0.3, 0.4) is 0 Å². The first-order valence-electron chi connectivity index (χ1n) is 6.75. The Hall–Kier alpha value is -0.510. The lowest BCUT2D eigenvalue weighted by Crippen LogP contribution is -2.37. The van der Waals surface area contributed by atoms with Gasteiger partial charge in [-0.3, -0.25) is 0 Å². The summed E-state index contributed by atoms with van der Waals surface area (Å²) in [6, 6.07) is 2.24. The molecule has 1 atom stereocenters. The fourth-order valence-electron chi connectivity index (χ4n) is 2.64. The predicted molar refractivity (Wildman–Crippen MR) is 82.3 cm³/mol. The SMILES string of the molecule is Cc1cc(Cl)nc(Cl)c1NC(C)C1CCN(C)CC1. The number of nitrogens with zero attached hydrogens (tertiary/aromatic N) is 2. The van der Waals surface area contributed by atoms with Gasteiger partial charge in [0.1, 0.15) is 5.15 Å². The van der Waals surface area contributed by atoms with Crippen LogP contribution in [-0.4, -0.2) is 36.1 Å². The average molecular weight is 302 g/mol. The molecule has 0 radical (unpaired) electrons. The Morgan fingerprint density at radius 2 is 2.00 bits per heavy atom. The van der Waals surface area contributed by atoms with E-state index in [0.717, 1.165) is 11.3 Å². The van der Waals surface area contributed by atoms with Crippen molar-refractivity contribution in [3.05, 3.63) is 21.9 Å². The predicted octanol–water partition coefficient (Wildman–Crippen LogP) is 3.84. The van der Waals surface area contributed by atoms with Gasteiger partial charge in [-0.25, -0.2) is 4.98 Å². The normalized spacial score (nSPS) is 19.4. The molecule has 1 aliphatic rings. The molecule has 5 heteroatoms. The number of halogens is 2. The zero-order chi connectivity index (χ0) is 14.0. The summed E-state index contributed by atoms with van der Waals surface area (Å²) >= 11 is 12.1. The van der Waals surface area contributed by atoms with E-state index < -0.39 is 0 Å². The summed E-state index contributed by atoms with van der Waals surface area (Å²) in [5.74, 6) is 0.683. The van der Waals surface area contributed by atoms with Crippen LogP contribution in [0.15, 0.2) is 6.07 Å². The Morgan fingerprint density at radius 3 is 2.58 bits per heavy atom. The third kappa shape index (κ3) is 3.74. The van der Waals surface area contributed by atoms with Gasteiger partial charge in [-0.1, -0.05) is 23.2 Å². The van der Waals surface area contributed by atoms with Crippen LogP contribution < -0.4 is 5.32 Å². The van der Waals surface area contributed by atoms with Gasteiger partial charge < -0.3 is 10.2 Å².